The van der Waals surface area contributed by atoms with Gasteiger partial charge in [0.05, 0.1) is 23.3 Å². The second-order valence-corrected chi connectivity index (χ2v) is 5.67. The Morgan fingerprint density at radius 1 is 1.53 bits per heavy atom. The lowest BCUT2D eigenvalue weighted by atomic mass is 10.1. The van der Waals surface area contributed by atoms with Gasteiger partial charge in [-0.1, -0.05) is 6.07 Å². The number of hydrogen-bond acceptors (Lipinski definition) is 5. The van der Waals surface area contributed by atoms with E-state index in [0.717, 1.165) is 21.8 Å². The van der Waals surface area contributed by atoms with Crippen LogP contribution < -0.4 is 10.6 Å². The maximum absolute atomic E-state index is 7.79. The Balaban J connectivity index is 2.35. The number of nitrogens with two attached hydrogens (primary N) is 1. The highest BCUT2D eigenvalue weighted by atomic mass is 32.2. The molecule has 0 unspecified atom stereocenters. The number of thiazole rings is 1. The fourth-order valence-electron chi connectivity index (χ4n) is 1.92. The van der Waals surface area contributed by atoms with Crippen LogP contribution in [0.1, 0.15) is 11.3 Å². The van der Waals surface area contributed by atoms with Crippen LogP contribution in [0.25, 0.3) is 0 Å². The molecule has 0 fully saturated rings. The predicted molar refractivity (Wildman–Crippen MR) is 83.5 cm³/mol. The van der Waals surface area contributed by atoms with Crippen LogP contribution >= 0.6 is 23.1 Å². The van der Waals surface area contributed by atoms with Crippen molar-refractivity contribution in [1.29, 1.82) is 5.41 Å². The van der Waals surface area contributed by atoms with Crippen molar-refractivity contribution in [1.82, 2.24) is 4.98 Å². The molecule has 0 bridgehead atoms. The molecule has 6 heteroatoms. The summed E-state index contributed by atoms with van der Waals surface area (Å²) in [5.74, 6) is 0.102. The molecule has 0 saturated heterocycles. The molecule has 0 radical (unpaired) electrons. The summed E-state index contributed by atoms with van der Waals surface area (Å²) in [5, 5.41) is 9.82. The first-order valence-corrected chi connectivity index (χ1v) is 7.90. The van der Waals surface area contributed by atoms with Crippen LogP contribution in [0.4, 0.5) is 5.69 Å². The maximum Gasteiger partial charge on any atom is 0.126 e. The summed E-state index contributed by atoms with van der Waals surface area (Å²) in [5.41, 5.74) is 10.3. The van der Waals surface area contributed by atoms with Crippen molar-refractivity contribution in [2.75, 3.05) is 18.2 Å². The topological polar surface area (TPSA) is 66.0 Å². The van der Waals surface area contributed by atoms with Crippen molar-refractivity contribution in [3.63, 3.8) is 0 Å². The molecule has 0 aliphatic heterocycles. The van der Waals surface area contributed by atoms with Crippen LogP contribution in [0.5, 0.6) is 0 Å². The van der Waals surface area contributed by atoms with Crippen molar-refractivity contribution < 1.29 is 0 Å². The molecule has 0 amide bonds. The molecule has 19 heavy (non-hydrogen) atoms. The number of nitrogen functional groups attached to an aromatic ring is 1. The third kappa shape index (κ3) is 3.08. The summed E-state index contributed by atoms with van der Waals surface area (Å²) >= 11 is 3.19. The summed E-state index contributed by atoms with van der Waals surface area (Å²) in [4.78, 5) is 7.38. The van der Waals surface area contributed by atoms with E-state index in [2.05, 4.69) is 9.88 Å². The molecule has 3 N–H and O–H groups in total. The Morgan fingerprint density at radius 3 is 2.89 bits per heavy atom. The molecular weight excluding hydrogens is 276 g/mol. The predicted octanol–water partition coefficient (Wildman–Crippen LogP) is 2.79. The van der Waals surface area contributed by atoms with Crippen LogP contribution in [0.15, 0.2) is 34.0 Å². The molecular formula is C13H16N4S2. The van der Waals surface area contributed by atoms with E-state index in [1.807, 2.05) is 42.4 Å². The first-order valence-electron chi connectivity index (χ1n) is 5.73. The fraction of sp³-hybridized carbons (Fsp3) is 0.231. The average Bonchev–Trinajstić information content (AvgIpc) is 2.90. The summed E-state index contributed by atoms with van der Waals surface area (Å²) in [6, 6.07) is 5.97. The molecule has 0 saturated carbocycles. The lowest BCUT2D eigenvalue weighted by Gasteiger charge is -2.22. The zero-order valence-electron chi connectivity index (χ0n) is 10.9. The highest BCUT2D eigenvalue weighted by Crippen LogP contribution is 2.29. The number of amidine groups is 1. The minimum absolute atomic E-state index is 0.102. The molecule has 0 aliphatic rings. The number of nitrogens with zero attached hydrogens (tertiary/aromatic N) is 2. The van der Waals surface area contributed by atoms with Crippen molar-refractivity contribution in [3.05, 3.63) is 40.3 Å². The molecule has 1 heterocycles. The van der Waals surface area contributed by atoms with E-state index in [4.69, 9.17) is 11.1 Å². The van der Waals surface area contributed by atoms with Gasteiger partial charge in [-0.05, 0) is 18.4 Å². The number of aromatic nitrogens is 1. The first kappa shape index (κ1) is 13.9. The number of thioether (sulfide) groups is 1. The van der Waals surface area contributed by atoms with E-state index < -0.39 is 0 Å². The number of nitrogens with one attached hydrogen (secondary N) is 1. The molecule has 100 valence electrons. The molecule has 1 aromatic heterocycles. The summed E-state index contributed by atoms with van der Waals surface area (Å²) < 4.78 is 0. The first-order chi connectivity index (χ1) is 9.13. The lowest BCUT2D eigenvalue weighted by molar-refractivity contribution is 0.891. The van der Waals surface area contributed by atoms with Gasteiger partial charge >= 0.3 is 0 Å². The average molecular weight is 292 g/mol. The van der Waals surface area contributed by atoms with Gasteiger partial charge in [-0.25, -0.2) is 4.98 Å². The number of rotatable bonds is 5. The normalized spacial score (nSPS) is 10.4. The van der Waals surface area contributed by atoms with Gasteiger partial charge in [-0.15, -0.1) is 23.1 Å². The van der Waals surface area contributed by atoms with Gasteiger partial charge in [0.25, 0.3) is 0 Å². The van der Waals surface area contributed by atoms with Crippen molar-refractivity contribution in [3.8, 4) is 0 Å². The third-order valence-corrected chi connectivity index (χ3v) is 4.20. The van der Waals surface area contributed by atoms with Crippen LogP contribution in [-0.4, -0.2) is 24.1 Å². The van der Waals surface area contributed by atoms with Crippen LogP contribution in [-0.2, 0) is 6.54 Å². The van der Waals surface area contributed by atoms with Gasteiger partial charge in [0, 0.05) is 23.0 Å². The Morgan fingerprint density at radius 2 is 2.32 bits per heavy atom. The second-order valence-electron chi connectivity index (χ2n) is 4.10. The molecule has 2 rings (SSSR count). The Bertz CT molecular complexity index is 566. The SMILES string of the molecule is CSc1cccc(N(C)Cc2cscn2)c1C(=N)N. The summed E-state index contributed by atoms with van der Waals surface area (Å²) in [6.07, 6.45) is 1.99. The zero-order valence-corrected chi connectivity index (χ0v) is 12.5. The van der Waals surface area contributed by atoms with Gasteiger partial charge in [-0.2, -0.15) is 0 Å². The molecule has 0 spiro atoms. The zero-order chi connectivity index (χ0) is 13.8. The Hall–Kier alpha value is -1.53. The van der Waals surface area contributed by atoms with Crippen LogP contribution in [0.3, 0.4) is 0 Å². The molecule has 0 aliphatic carbocycles. The van der Waals surface area contributed by atoms with E-state index in [0.29, 0.717) is 6.54 Å². The highest BCUT2D eigenvalue weighted by molar-refractivity contribution is 7.98. The van der Waals surface area contributed by atoms with Crippen molar-refractivity contribution in [2.24, 2.45) is 5.73 Å². The maximum atomic E-state index is 7.79. The summed E-state index contributed by atoms with van der Waals surface area (Å²) in [6.45, 7) is 0.710. The fourth-order valence-corrected chi connectivity index (χ4v) is 3.11. The van der Waals surface area contributed by atoms with Crippen molar-refractivity contribution in [2.45, 2.75) is 11.4 Å². The van der Waals surface area contributed by atoms with Crippen LogP contribution in [0, 0.1) is 5.41 Å². The number of hydrogen-bond donors (Lipinski definition) is 2. The Labute approximate surface area is 121 Å². The number of anilines is 1. The number of benzene rings is 1. The minimum Gasteiger partial charge on any atom is -0.384 e. The van der Waals surface area contributed by atoms with Gasteiger partial charge in [-0.3, -0.25) is 5.41 Å². The molecule has 2 aromatic rings. The van der Waals surface area contributed by atoms with Gasteiger partial charge < -0.3 is 10.6 Å². The van der Waals surface area contributed by atoms with E-state index in [-0.39, 0.29) is 5.84 Å². The van der Waals surface area contributed by atoms with Crippen LogP contribution in [0.2, 0.25) is 0 Å². The smallest absolute Gasteiger partial charge is 0.126 e. The third-order valence-electron chi connectivity index (χ3n) is 2.79. The lowest BCUT2D eigenvalue weighted by Crippen LogP contribution is -2.22. The van der Waals surface area contributed by atoms with E-state index in [1.165, 1.54) is 0 Å². The van der Waals surface area contributed by atoms with E-state index >= 15 is 0 Å². The molecule has 4 nitrogen and oxygen atoms in total. The standard InChI is InChI=1S/C13H16N4S2/c1-17(6-9-7-19-8-16-9)10-4-3-5-11(18-2)12(10)13(14)15/h3-5,7-8H,6H2,1-2H3,(H3,14,15). The quantitative estimate of drug-likeness (QED) is 0.505. The summed E-state index contributed by atoms with van der Waals surface area (Å²) in [7, 11) is 1.99. The highest BCUT2D eigenvalue weighted by Gasteiger charge is 2.14. The van der Waals surface area contributed by atoms with E-state index in [9.17, 15) is 0 Å². The largest absolute Gasteiger partial charge is 0.384 e. The van der Waals surface area contributed by atoms with Crippen molar-refractivity contribution >= 4 is 34.6 Å². The van der Waals surface area contributed by atoms with Gasteiger partial charge in [0.15, 0.2) is 0 Å². The van der Waals surface area contributed by atoms with Gasteiger partial charge in [0.2, 0.25) is 0 Å². The second kappa shape index (κ2) is 6.08. The minimum atomic E-state index is 0.102. The molecule has 1 aromatic carbocycles. The van der Waals surface area contributed by atoms with Gasteiger partial charge in [0.1, 0.15) is 5.84 Å². The monoisotopic (exact) mass is 292 g/mol. The van der Waals surface area contributed by atoms with E-state index in [1.54, 1.807) is 23.1 Å². The molecule has 0 atom stereocenters. The Kier molecular flexibility index (Phi) is 4.44.